The summed E-state index contributed by atoms with van der Waals surface area (Å²) >= 11 is 0. The van der Waals surface area contributed by atoms with Crippen molar-refractivity contribution >= 4 is 111 Å². The van der Waals surface area contributed by atoms with E-state index in [1.54, 1.807) is 73.1 Å². The normalized spacial score (nSPS) is 16.2. The van der Waals surface area contributed by atoms with Gasteiger partial charge >= 0.3 is 12.1 Å². The minimum absolute atomic E-state index is 0. The summed E-state index contributed by atoms with van der Waals surface area (Å²) in [4.78, 5) is 206. The number of hydrogen-bond acceptors (Lipinski definition) is 17. The molecule has 2 aliphatic rings. The van der Waals surface area contributed by atoms with Crippen molar-refractivity contribution in [1.82, 2.24) is 62.3 Å². The number of primary amides is 3. The van der Waals surface area contributed by atoms with Gasteiger partial charge in [0, 0.05) is 85.9 Å². The molecule has 25 N–H and O–H groups in total. The highest BCUT2D eigenvalue weighted by molar-refractivity contribution is 6.00. The Kier molecular flexibility index (Phi) is 37.6. The first-order chi connectivity index (χ1) is 54.5. The summed E-state index contributed by atoms with van der Waals surface area (Å²) in [5, 5.41) is 30.6. The van der Waals surface area contributed by atoms with Crippen LogP contribution in [0.5, 0.6) is 0 Å². The molecule has 0 unspecified atom stereocenters. The number of aliphatic carboxylic acids is 1. The van der Waals surface area contributed by atoms with Crippen LogP contribution in [0.25, 0.3) is 21.8 Å². The first kappa shape index (κ1) is 94.9. The lowest BCUT2D eigenvalue weighted by atomic mass is 9.98. The maximum absolute atomic E-state index is 15.4. The summed E-state index contributed by atoms with van der Waals surface area (Å²) in [7, 11) is 0. The largest absolute Gasteiger partial charge is 0.490 e. The number of aromatic amines is 2. The lowest BCUT2D eigenvalue weighted by Gasteiger charge is -2.32. The van der Waals surface area contributed by atoms with Gasteiger partial charge in [-0.3, -0.25) is 67.3 Å². The molecule has 11 atom stereocenters. The number of aliphatic imine (C=N–C) groups is 1. The number of para-hydroxylation sites is 2. The molecule has 2 fully saturated rings. The molecule has 35 nitrogen and oxygen atoms in total. The second kappa shape index (κ2) is 46.0. The zero-order valence-corrected chi connectivity index (χ0v) is 64.9. The highest BCUT2D eigenvalue weighted by Gasteiger charge is 2.43. The predicted octanol–water partition coefficient (Wildman–Crippen LogP) is 0.425. The van der Waals surface area contributed by atoms with E-state index in [4.69, 9.17) is 50.0 Å². The Labute approximate surface area is 670 Å². The van der Waals surface area contributed by atoms with Gasteiger partial charge in [-0.2, -0.15) is 13.2 Å². The fourth-order valence-corrected chi connectivity index (χ4v) is 13.6. The van der Waals surface area contributed by atoms with Gasteiger partial charge in [-0.15, -0.1) is 0 Å². The van der Waals surface area contributed by atoms with E-state index in [0.717, 1.165) is 10.9 Å². The van der Waals surface area contributed by atoms with Crippen molar-refractivity contribution in [3.8, 4) is 0 Å². The molecule has 636 valence electrons. The number of carboxylic acid groups (broad SMARTS) is 1. The Bertz CT molecular complexity index is 4230. The molecule has 4 heterocycles. The first-order valence-corrected chi connectivity index (χ1v) is 38.3. The zero-order chi connectivity index (χ0) is 84.8. The van der Waals surface area contributed by atoms with Crippen molar-refractivity contribution in [3.63, 3.8) is 0 Å². The molecule has 5 aromatic rings. The topological polar surface area (TPSA) is 588 Å². The van der Waals surface area contributed by atoms with Crippen molar-refractivity contribution in [2.24, 2.45) is 57.0 Å². The molecule has 0 radical (unpaired) electrons. The van der Waals surface area contributed by atoms with Gasteiger partial charge in [-0.1, -0.05) is 102 Å². The van der Waals surface area contributed by atoms with E-state index in [2.05, 4.69) is 57.5 Å². The molecular formula is C78H113F3N20O15. The van der Waals surface area contributed by atoms with Crippen molar-refractivity contribution in [1.29, 1.82) is 0 Å². The fourth-order valence-electron chi connectivity index (χ4n) is 13.6. The van der Waals surface area contributed by atoms with Gasteiger partial charge in [0.25, 0.3) is 0 Å². The third-order valence-electron chi connectivity index (χ3n) is 19.5. The quantitative estimate of drug-likeness (QED) is 0.0143. The number of alkyl halides is 3. The number of unbranched alkanes of at least 4 members (excludes halogenated alkanes) is 1. The van der Waals surface area contributed by atoms with Crippen LogP contribution in [0.1, 0.15) is 148 Å². The third-order valence-corrected chi connectivity index (χ3v) is 19.5. The lowest BCUT2D eigenvalue weighted by molar-refractivity contribution is -0.192. The lowest BCUT2D eigenvalue weighted by Crippen LogP contribution is -2.61. The number of carboxylic acids is 1. The van der Waals surface area contributed by atoms with Crippen LogP contribution >= 0.6 is 0 Å². The summed E-state index contributed by atoms with van der Waals surface area (Å²) in [5.74, 6) is -13.4. The van der Waals surface area contributed by atoms with Crippen molar-refractivity contribution in [2.75, 3.05) is 26.2 Å². The number of rotatable bonds is 43. The van der Waals surface area contributed by atoms with Crippen LogP contribution in [-0.4, -0.2) is 212 Å². The Morgan fingerprint density at radius 1 is 0.500 bits per heavy atom. The van der Waals surface area contributed by atoms with Gasteiger partial charge in [-0.05, 0) is 131 Å². The average Bonchev–Trinajstić information content (AvgIpc) is 1.57. The first-order valence-electron chi connectivity index (χ1n) is 38.3. The molecule has 13 amide bonds. The maximum atomic E-state index is 15.4. The van der Waals surface area contributed by atoms with Crippen LogP contribution in [0.3, 0.4) is 0 Å². The number of nitrogens with zero attached hydrogens (tertiary/aromatic N) is 3. The van der Waals surface area contributed by atoms with E-state index in [1.807, 2.05) is 45.9 Å². The number of guanidine groups is 1. The van der Waals surface area contributed by atoms with Gasteiger partial charge in [0.15, 0.2) is 5.96 Å². The Morgan fingerprint density at radius 2 is 0.897 bits per heavy atom. The van der Waals surface area contributed by atoms with Crippen molar-refractivity contribution in [3.05, 3.63) is 108 Å². The SMILES string of the molecule is C.CC(C)C[C@H](NC(=O)[C@H](CC(C)C)NC(=O)[C@@H](Cc1c[nH]c2ccccc12)NC(=O)[C@H](Cc1ccccc1)NC(=O)[C@@H](Cc1c[nH]c2ccccc12)NC(=O)[C@H](CCC(N)=O)NC(=O)[C@H](CCC(N)=O)NC(=O)[C@@H]1CCCN1C(=O)[C@H](CCCCN)NC(=O)[C@@H]1CCCN1C(=O)[C@H](N)CCCN=C(N)N)C(N)=O.O=C(O)C(F)(F)F. The van der Waals surface area contributed by atoms with E-state index in [9.17, 15) is 61.1 Å². The monoisotopic (exact) mass is 1630 g/mol. The molecule has 0 aliphatic carbocycles. The Balaban J connectivity index is 0.00000286. The van der Waals surface area contributed by atoms with E-state index in [1.165, 1.54) is 9.80 Å². The number of H-pyrrole nitrogens is 2. The molecule has 7 rings (SSSR count). The zero-order valence-electron chi connectivity index (χ0n) is 64.9. The predicted molar refractivity (Wildman–Crippen MR) is 425 cm³/mol. The average molecular weight is 1630 g/mol. The smallest absolute Gasteiger partial charge is 0.475 e. The molecule has 0 spiro atoms. The summed E-state index contributed by atoms with van der Waals surface area (Å²) in [6, 6.07) is 8.67. The summed E-state index contributed by atoms with van der Waals surface area (Å²) in [6.07, 6.45) is -0.958. The molecule has 116 heavy (non-hydrogen) atoms. The number of carbonyl (C=O) groups is 14. The van der Waals surface area contributed by atoms with Crippen LogP contribution in [0.15, 0.2) is 96.2 Å². The van der Waals surface area contributed by atoms with Crippen molar-refractivity contribution < 1.29 is 85.4 Å². The molecular weight excluding hydrogens is 1510 g/mol. The van der Waals surface area contributed by atoms with Crippen LogP contribution in [0, 0.1) is 11.8 Å². The van der Waals surface area contributed by atoms with Crippen LogP contribution in [0.2, 0.25) is 0 Å². The van der Waals surface area contributed by atoms with E-state index >= 15 is 14.4 Å². The molecule has 0 bridgehead atoms. The summed E-state index contributed by atoms with van der Waals surface area (Å²) < 4.78 is 31.7. The highest BCUT2D eigenvalue weighted by atomic mass is 19.4. The maximum Gasteiger partial charge on any atom is 0.490 e. The molecule has 3 aromatic carbocycles. The standard InChI is InChI=1S/C75H108N20O13.C2HF3O2.CH4/c1-42(2)35-55(64(80)98)89-67(101)56(36-43(3)4)90-69(103)59(39-46-41-85-51-23-11-9-20-48(46)51)93-68(102)57(37-44-17-6-5-7-18-44)91-70(104)58(38-45-40-84-50-22-10-8-19-47(45)50)92-66(100)52(27-29-62(78)96)86-65(99)53(28-30-63(79)97)87-71(105)61-26-16-34-95(61)74(108)54(24-12-13-31-76)88-72(106)60-25-15-33-94(60)73(107)49(77)21-14-32-83-75(81)82;3-2(4,5)1(6)7;/h5-11,17-20,22-23,40-43,49,52-61,84-85H,12-16,21,24-39,76-77H2,1-4H3,(H2,78,96)(H2,79,97)(H2,80,98)(H,86,99)(H,87,105)(H,88,106)(H,89,101)(H,90,103)(H,91,104)(H,92,100)(H,93,102)(H4,81,82,83);(H,6,7);1H4/t49-,52+,53+,54+,55+,56+,57+,58-,59-,60+,61+;;/m1../s1. The van der Waals surface area contributed by atoms with Crippen LogP contribution < -0.4 is 82.7 Å². The number of hydrogen-bond donors (Lipinski definition) is 18. The van der Waals surface area contributed by atoms with E-state index < -0.39 is 181 Å². The number of likely N-dealkylation sites (tertiary alicyclic amines) is 2. The highest BCUT2D eigenvalue weighted by Crippen LogP contribution is 2.26. The minimum Gasteiger partial charge on any atom is -0.475 e. The molecule has 2 saturated heterocycles. The van der Waals surface area contributed by atoms with Gasteiger partial charge in [0.2, 0.25) is 76.8 Å². The van der Waals surface area contributed by atoms with E-state index in [-0.39, 0.29) is 103 Å². The number of fused-ring (bicyclic) bond motifs is 2. The van der Waals surface area contributed by atoms with Crippen LogP contribution in [-0.2, 0) is 86.4 Å². The van der Waals surface area contributed by atoms with Gasteiger partial charge in [-0.25, -0.2) is 4.79 Å². The molecule has 38 heteroatoms. The molecule has 2 aromatic heterocycles. The number of nitrogens with one attached hydrogen (secondary N) is 10. The van der Waals surface area contributed by atoms with Gasteiger partial charge in [0.05, 0.1) is 6.04 Å². The number of amides is 13. The van der Waals surface area contributed by atoms with Gasteiger partial charge in [0.1, 0.15) is 60.4 Å². The summed E-state index contributed by atoms with van der Waals surface area (Å²) in [5.41, 5.74) is 43.1. The van der Waals surface area contributed by atoms with Crippen LogP contribution in [0.4, 0.5) is 13.2 Å². The number of nitrogens with two attached hydrogens (primary N) is 7. The van der Waals surface area contributed by atoms with Crippen molar-refractivity contribution in [2.45, 2.75) is 223 Å². The minimum atomic E-state index is -5.08. The van der Waals surface area contributed by atoms with E-state index in [0.29, 0.717) is 66.1 Å². The van der Waals surface area contributed by atoms with Gasteiger partial charge < -0.3 is 108 Å². The fraction of sp³-hybridized carbons (Fsp3) is 0.526. The number of halogens is 3. The Morgan fingerprint density at radius 3 is 1.34 bits per heavy atom. The number of benzene rings is 3. The Hall–Kier alpha value is -11.7. The number of aromatic nitrogens is 2. The second-order valence-electron chi connectivity index (χ2n) is 29.5. The third kappa shape index (κ3) is 29.6. The molecule has 2 aliphatic heterocycles. The molecule has 0 saturated carbocycles. The second-order valence-corrected chi connectivity index (χ2v) is 29.5. The number of carbonyl (C=O) groups excluding carboxylic acids is 13. The summed E-state index contributed by atoms with van der Waals surface area (Å²) in [6.45, 7) is 8.24.